The number of benzene rings is 1. The minimum atomic E-state index is -0.258. The van der Waals surface area contributed by atoms with Gasteiger partial charge >= 0.3 is 6.03 Å². The molecule has 1 aromatic heterocycles. The lowest BCUT2D eigenvalue weighted by atomic mass is 10.1. The molecular weight excluding hydrogens is 268 g/mol. The average Bonchev–Trinajstić information content (AvgIpc) is 2.91. The zero-order valence-electron chi connectivity index (χ0n) is 11.9. The lowest BCUT2D eigenvalue weighted by Gasteiger charge is -2.29. The Morgan fingerprint density at radius 2 is 2.10 bits per heavy atom. The number of amides is 2. The van der Waals surface area contributed by atoms with Crippen LogP contribution in [0, 0.1) is 0 Å². The van der Waals surface area contributed by atoms with Gasteiger partial charge in [-0.25, -0.2) is 9.78 Å². The molecule has 0 unspecified atom stereocenters. The van der Waals surface area contributed by atoms with E-state index in [2.05, 4.69) is 10.3 Å². The lowest BCUT2D eigenvalue weighted by Crippen LogP contribution is -2.46. The molecule has 0 spiro atoms. The summed E-state index contributed by atoms with van der Waals surface area (Å²) < 4.78 is 2.04. The van der Waals surface area contributed by atoms with Crippen LogP contribution in [-0.4, -0.2) is 51.3 Å². The molecule has 1 saturated heterocycles. The summed E-state index contributed by atoms with van der Waals surface area (Å²) in [6, 6.07) is 7.90. The number of imidazole rings is 1. The van der Waals surface area contributed by atoms with E-state index in [9.17, 15) is 9.90 Å². The molecule has 2 N–H and O–H groups in total. The molecule has 2 amide bonds. The smallest absolute Gasteiger partial charge is 0.317 e. The van der Waals surface area contributed by atoms with E-state index in [1.807, 2.05) is 28.8 Å². The molecule has 2 heterocycles. The number of carbonyl (C=O) groups excluding carboxylic acids is 1. The predicted octanol–water partition coefficient (Wildman–Crippen LogP) is 1.20. The molecule has 0 radical (unpaired) electrons. The van der Waals surface area contributed by atoms with Crippen LogP contribution >= 0.6 is 0 Å². The summed E-state index contributed by atoms with van der Waals surface area (Å²) in [7, 11) is 0. The fourth-order valence-corrected chi connectivity index (χ4v) is 2.65. The summed E-state index contributed by atoms with van der Waals surface area (Å²) in [5.74, 6) is 0. The zero-order chi connectivity index (χ0) is 14.7. The maximum Gasteiger partial charge on any atom is 0.317 e. The van der Waals surface area contributed by atoms with Crippen LogP contribution in [0.5, 0.6) is 0 Å². The number of aliphatic hydroxyl groups excluding tert-OH is 1. The molecule has 112 valence electrons. The van der Waals surface area contributed by atoms with Crippen LogP contribution in [0.3, 0.4) is 0 Å². The van der Waals surface area contributed by atoms with Crippen molar-refractivity contribution < 1.29 is 9.90 Å². The second-order valence-electron chi connectivity index (χ2n) is 5.38. The van der Waals surface area contributed by atoms with E-state index in [1.54, 1.807) is 11.2 Å². The first-order chi connectivity index (χ1) is 10.2. The Hall–Kier alpha value is -2.08. The number of carbonyl (C=O) groups is 1. The van der Waals surface area contributed by atoms with E-state index in [1.165, 1.54) is 0 Å². The number of rotatable bonds is 3. The molecule has 21 heavy (non-hydrogen) atoms. The summed E-state index contributed by atoms with van der Waals surface area (Å²) >= 11 is 0. The zero-order valence-corrected chi connectivity index (χ0v) is 11.9. The Bertz CT molecular complexity index is 617. The molecule has 3 rings (SSSR count). The standard InChI is InChI=1S/C15H20N4O2/c20-12-5-8-18(9-6-12)15(21)16-7-10-19-11-17-13-3-1-2-4-14(13)19/h1-4,11-12,20H,5-10H2,(H,16,21). The highest BCUT2D eigenvalue weighted by Crippen LogP contribution is 2.11. The van der Waals surface area contributed by atoms with Crippen molar-refractivity contribution in [3.8, 4) is 0 Å². The molecule has 6 heteroatoms. The van der Waals surface area contributed by atoms with Crippen LogP contribution in [0.1, 0.15) is 12.8 Å². The number of likely N-dealkylation sites (tertiary alicyclic amines) is 1. The van der Waals surface area contributed by atoms with Gasteiger partial charge in [-0.3, -0.25) is 0 Å². The highest BCUT2D eigenvalue weighted by molar-refractivity contribution is 5.75. The van der Waals surface area contributed by atoms with Crippen molar-refractivity contribution in [3.05, 3.63) is 30.6 Å². The average molecular weight is 288 g/mol. The van der Waals surface area contributed by atoms with E-state index in [0.29, 0.717) is 39.0 Å². The van der Waals surface area contributed by atoms with Gasteiger partial charge in [-0.2, -0.15) is 0 Å². The fraction of sp³-hybridized carbons (Fsp3) is 0.467. The summed E-state index contributed by atoms with van der Waals surface area (Å²) in [5.41, 5.74) is 2.04. The van der Waals surface area contributed by atoms with Crippen molar-refractivity contribution >= 4 is 17.1 Å². The molecule has 1 aliphatic rings. The third-order valence-corrected chi connectivity index (χ3v) is 3.91. The minimum Gasteiger partial charge on any atom is -0.393 e. The van der Waals surface area contributed by atoms with Gasteiger partial charge in [0.1, 0.15) is 0 Å². The van der Waals surface area contributed by atoms with E-state index in [0.717, 1.165) is 11.0 Å². The van der Waals surface area contributed by atoms with Crippen LogP contribution in [0.2, 0.25) is 0 Å². The minimum absolute atomic E-state index is 0.0497. The highest BCUT2D eigenvalue weighted by atomic mass is 16.3. The Kier molecular flexibility index (Phi) is 4.06. The number of fused-ring (bicyclic) bond motifs is 1. The van der Waals surface area contributed by atoms with Gasteiger partial charge in [0.2, 0.25) is 0 Å². The Morgan fingerprint density at radius 1 is 1.33 bits per heavy atom. The maximum atomic E-state index is 12.0. The molecule has 0 bridgehead atoms. The first-order valence-corrected chi connectivity index (χ1v) is 7.35. The van der Waals surface area contributed by atoms with Gasteiger partial charge in [0.25, 0.3) is 0 Å². The van der Waals surface area contributed by atoms with Gasteiger partial charge in [0.15, 0.2) is 0 Å². The van der Waals surface area contributed by atoms with Crippen molar-refractivity contribution in [2.75, 3.05) is 19.6 Å². The molecule has 6 nitrogen and oxygen atoms in total. The summed E-state index contributed by atoms with van der Waals surface area (Å²) in [5, 5.41) is 12.4. The molecule has 1 aliphatic heterocycles. The topological polar surface area (TPSA) is 70.4 Å². The molecular formula is C15H20N4O2. The number of urea groups is 1. The van der Waals surface area contributed by atoms with Gasteiger partial charge in [-0.15, -0.1) is 0 Å². The molecule has 2 aromatic rings. The summed E-state index contributed by atoms with van der Waals surface area (Å²) in [6.45, 7) is 2.52. The van der Waals surface area contributed by atoms with E-state index in [4.69, 9.17) is 0 Å². The van der Waals surface area contributed by atoms with Crippen molar-refractivity contribution in [2.24, 2.45) is 0 Å². The van der Waals surface area contributed by atoms with Crippen LogP contribution in [0.15, 0.2) is 30.6 Å². The quantitative estimate of drug-likeness (QED) is 0.891. The van der Waals surface area contributed by atoms with Gasteiger partial charge in [-0.05, 0) is 25.0 Å². The summed E-state index contributed by atoms with van der Waals surface area (Å²) in [6.07, 6.45) is 2.87. The van der Waals surface area contributed by atoms with Crippen LogP contribution in [0.4, 0.5) is 4.79 Å². The third kappa shape index (κ3) is 3.16. The monoisotopic (exact) mass is 288 g/mol. The fourth-order valence-electron chi connectivity index (χ4n) is 2.65. The largest absolute Gasteiger partial charge is 0.393 e. The molecule has 1 aromatic carbocycles. The normalized spacial score (nSPS) is 16.3. The number of aromatic nitrogens is 2. The van der Waals surface area contributed by atoms with Gasteiger partial charge in [0, 0.05) is 26.2 Å². The number of nitrogens with one attached hydrogen (secondary N) is 1. The van der Waals surface area contributed by atoms with Crippen LogP contribution in [-0.2, 0) is 6.54 Å². The Morgan fingerprint density at radius 3 is 2.90 bits per heavy atom. The molecule has 1 fully saturated rings. The number of hydrogen-bond donors (Lipinski definition) is 2. The lowest BCUT2D eigenvalue weighted by molar-refractivity contribution is 0.0937. The van der Waals surface area contributed by atoms with Crippen LogP contribution < -0.4 is 5.32 Å². The Labute approximate surface area is 123 Å². The number of para-hydroxylation sites is 2. The van der Waals surface area contributed by atoms with Gasteiger partial charge in [-0.1, -0.05) is 12.1 Å². The van der Waals surface area contributed by atoms with E-state index >= 15 is 0 Å². The third-order valence-electron chi connectivity index (χ3n) is 3.91. The molecule has 0 saturated carbocycles. The van der Waals surface area contributed by atoms with Gasteiger partial charge < -0.3 is 19.9 Å². The second kappa shape index (κ2) is 6.13. The van der Waals surface area contributed by atoms with E-state index in [-0.39, 0.29) is 12.1 Å². The summed E-state index contributed by atoms with van der Waals surface area (Å²) in [4.78, 5) is 18.1. The first-order valence-electron chi connectivity index (χ1n) is 7.35. The number of nitrogens with zero attached hydrogens (tertiary/aromatic N) is 3. The second-order valence-corrected chi connectivity index (χ2v) is 5.38. The number of hydrogen-bond acceptors (Lipinski definition) is 3. The maximum absolute atomic E-state index is 12.0. The Balaban J connectivity index is 1.51. The van der Waals surface area contributed by atoms with Crippen molar-refractivity contribution in [1.82, 2.24) is 19.8 Å². The van der Waals surface area contributed by atoms with Crippen molar-refractivity contribution in [2.45, 2.75) is 25.5 Å². The van der Waals surface area contributed by atoms with Gasteiger partial charge in [0.05, 0.1) is 23.5 Å². The van der Waals surface area contributed by atoms with E-state index < -0.39 is 0 Å². The predicted molar refractivity (Wildman–Crippen MR) is 79.9 cm³/mol. The molecule has 0 atom stereocenters. The number of piperidine rings is 1. The highest BCUT2D eigenvalue weighted by Gasteiger charge is 2.20. The number of aliphatic hydroxyl groups is 1. The van der Waals surface area contributed by atoms with Crippen molar-refractivity contribution in [3.63, 3.8) is 0 Å². The first kappa shape index (κ1) is 13.9. The van der Waals surface area contributed by atoms with Crippen molar-refractivity contribution in [1.29, 1.82) is 0 Å². The SMILES string of the molecule is O=C(NCCn1cnc2ccccc21)N1CCC(O)CC1. The van der Waals surface area contributed by atoms with Crippen LogP contribution in [0.25, 0.3) is 11.0 Å². The molecule has 0 aliphatic carbocycles.